The van der Waals surface area contributed by atoms with Gasteiger partial charge in [-0.2, -0.15) is 0 Å². The minimum absolute atomic E-state index is 0. The van der Waals surface area contributed by atoms with Gasteiger partial charge in [0.2, 0.25) is 0 Å². The van der Waals surface area contributed by atoms with E-state index in [1.807, 2.05) is 12.1 Å². The maximum atomic E-state index is 10.2. The monoisotopic (exact) mass is 226 g/mol. The van der Waals surface area contributed by atoms with E-state index in [1.54, 1.807) is 12.1 Å². The number of ether oxygens (including phenoxy) is 1. The third-order valence-corrected chi connectivity index (χ3v) is 2.06. The third-order valence-electron chi connectivity index (χ3n) is 2.06. The van der Waals surface area contributed by atoms with Crippen LogP contribution in [0.25, 0.3) is 6.08 Å². The molecule has 0 spiro atoms. The molecule has 0 atom stereocenters. The molecule has 1 aromatic carbocycles. The van der Waals surface area contributed by atoms with Gasteiger partial charge in [-0.05, 0) is 30.2 Å². The molecule has 0 saturated heterocycles. The van der Waals surface area contributed by atoms with Crippen molar-refractivity contribution in [3.63, 3.8) is 0 Å². The van der Waals surface area contributed by atoms with Crippen molar-refractivity contribution in [1.82, 2.24) is 0 Å². The van der Waals surface area contributed by atoms with E-state index in [9.17, 15) is 9.90 Å². The van der Waals surface area contributed by atoms with Gasteiger partial charge in [0.15, 0.2) is 0 Å². The van der Waals surface area contributed by atoms with Crippen LogP contribution in [-0.2, 0) is 4.79 Å². The number of benzene rings is 1. The van der Waals surface area contributed by atoms with E-state index in [1.165, 1.54) is 6.08 Å². The zero-order valence-electron chi connectivity index (χ0n) is 10.3. The molecule has 0 aliphatic rings. The van der Waals surface area contributed by atoms with Crippen molar-refractivity contribution in [3.8, 4) is 5.75 Å². The molecule has 3 nitrogen and oxygen atoms in total. The van der Waals surface area contributed by atoms with Crippen molar-refractivity contribution < 1.29 is 33.5 Å². The van der Waals surface area contributed by atoms with Crippen LogP contribution >= 0.6 is 0 Å². The van der Waals surface area contributed by atoms with Crippen molar-refractivity contribution in [2.24, 2.45) is 0 Å². The Morgan fingerprint density at radius 2 is 2.00 bits per heavy atom. The Kier molecular flexibility index (Phi) is 8.30. The van der Waals surface area contributed by atoms with Crippen LogP contribution < -0.4 is 28.7 Å². The molecule has 0 unspecified atom stereocenters. The first-order chi connectivity index (χ1) is 7.72. The van der Waals surface area contributed by atoms with Gasteiger partial charge >= 0.3 is 18.9 Å². The van der Waals surface area contributed by atoms with Crippen LogP contribution in [-0.4, -0.2) is 12.6 Å². The van der Waals surface area contributed by atoms with E-state index in [4.69, 9.17) is 4.74 Å². The van der Waals surface area contributed by atoms with Crippen LogP contribution in [0, 0.1) is 0 Å². The first kappa shape index (κ1) is 15.8. The quantitative estimate of drug-likeness (QED) is 0.342. The number of rotatable bonds is 6. The Labute approximate surface area is 114 Å². The SMILES string of the molecule is CCCCOc1ccc(C=CC(=O)[O-])cc1.[Li+]. The summed E-state index contributed by atoms with van der Waals surface area (Å²) in [4.78, 5) is 10.2. The fourth-order valence-electron chi connectivity index (χ4n) is 1.17. The molecule has 0 aliphatic carbocycles. The summed E-state index contributed by atoms with van der Waals surface area (Å²) in [5.41, 5.74) is 0.812. The van der Waals surface area contributed by atoms with Gasteiger partial charge in [0, 0.05) is 0 Å². The molecule has 0 aromatic heterocycles. The van der Waals surface area contributed by atoms with Gasteiger partial charge in [0.05, 0.1) is 12.6 Å². The number of hydrogen-bond donors (Lipinski definition) is 0. The van der Waals surface area contributed by atoms with E-state index >= 15 is 0 Å². The number of carboxylic acid groups (broad SMARTS) is 1. The molecular weight excluding hydrogens is 211 g/mol. The fraction of sp³-hybridized carbons (Fsp3) is 0.308. The minimum atomic E-state index is -1.19. The van der Waals surface area contributed by atoms with Gasteiger partial charge in [-0.1, -0.05) is 31.6 Å². The molecule has 0 N–H and O–H groups in total. The fourth-order valence-corrected chi connectivity index (χ4v) is 1.17. The Morgan fingerprint density at radius 3 is 2.53 bits per heavy atom. The van der Waals surface area contributed by atoms with Gasteiger partial charge in [0.1, 0.15) is 5.75 Å². The van der Waals surface area contributed by atoms with Crippen molar-refractivity contribution >= 4 is 12.0 Å². The van der Waals surface area contributed by atoms with Crippen LogP contribution in [0.15, 0.2) is 30.3 Å². The van der Waals surface area contributed by atoms with E-state index in [0.29, 0.717) is 6.61 Å². The molecule has 1 aromatic rings. The van der Waals surface area contributed by atoms with Crippen molar-refractivity contribution in [3.05, 3.63) is 35.9 Å². The summed E-state index contributed by atoms with van der Waals surface area (Å²) < 4.78 is 5.47. The Morgan fingerprint density at radius 1 is 1.35 bits per heavy atom. The zero-order chi connectivity index (χ0) is 11.8. The summed E-state index contributed by atoms with van der Waals surface area (Å²) in [6, 6.07) is 7.26. The van der Waals surface area contributed by atoms with Gasteiger partial charge < -0.3 is 14.6 Å². The molecule has 0 bridgehead atoms. The summed E-state index contributed by atoms with van der Waals surface area (Å²) in [5, 5.41) is 10.2. The molecule has 0 fully saturated rings. The number of carboxylic acids is 1. The van der Waals surface area contributed by atoms with Gasteiger partial charge in [-0.3, -0.25) is 0 Å². The van der Waals surface area contributed by atoms with E-state index in [-0.39, 0.29) is 18.9 Å². The topological polar surface area (TPSA) is 49.4 Å². The smallest absolute Gasteiger partial charge is 0.545 e. The number of unbranched alkanes of at least 4 members (excludes halogenated alkanes) is 1. The number of hydrogen-bond acceptors (Lipinski definition) is 3. The Hall–Kier alpha value is -1.17. The average molecular weight is 226 g/mol. The normalized spacial score (nSPS) is 9.94. The summed E-state index contributed by atoms with van der Waals surface area (Å²) in [7, 11) is 0. The first-order valence-corrected chi connectivity index (χ1v) is 5.34. The number of carbonyl (C=O) groups is 1. The molecule has 0 radical (unpaired) electrons. The molecule has 4 heteroatoms. The predicted octanol–water partition coefficient (Wildman–Crippen LogP) is -1.37. The minimum Gasteiger partial charge on any atom is -0.545 e. The maximum absolute atomic E-state index is 10.2. The Balaban J connectivity index is 0.00000256. The predicted molar refractivity (Wildman–Crippen MR) is 60.9 cm³/mol. The first-order valence-electron chi connectivity index (χ1n) is 5.34. The van der Waals surface area contributed by atoms with E-state index < -0.39 is 5.97 Å². The molecule has 0 heterocycles. The standard InChI is InChI=1S/C13H16O3.Li/c1-2-3-10-16-12-7-4-11(5-8-12)6-9-13(14)15;/h4-9H,2-3,10H2,1H3,(H,14,15);/q;+1/p-1. The molecule has 1 rings (SSSR count). The van der Waals surface area contributed by atoms with Crippen LogP contribution in [0.4, 0.5) is 0 Å². The maximum Gasteiger partial charge on any atom is 1.00 e. The summed E-state index contributed by atoms with van der Waals surface area (Å²) >= 11 is 0. The zero-order valence-corrected chi connectivity index (χ0v) is 10.3. The molecule has 0 saturated carbocycles. The molecule has 0 aliphatic heterocycles. The van der Waals surface area contributed by atoms with Gasteiger partial charge in [-0.15, -0.1) is 0 Å². The molecule has 17 heavy (non-hydrogen) atoms. The van der Waals surface area contributed by atoms with Crippen molar-refractivity contribution in [2.75, 3.05) is 6.61 Å². The van der Waals surface area contributed by atoms with Gasteiger partial charge in [0.25, 0.3) is 0 Å². The van der Waals surface area contributed by atoms with Crippen LogP contribution in [0.1, 0.15) is 25.3 Å². The Bertz CT molecular complexity index is 357. The summed E-state index contributed by atoms with van der Waals surface area (Å²) in [6.07, 6.45) is 4.64. The number of aliphatic carboxylic acids is 1. The summed E-state index contributed by atoms with van der Waals surface area (Å²) in [5.74, 6) is -0.387. The second kappa shape index (κ2) is 8.92. The summed E-state index contributed by atoms with van der Waals surface area (Å²) in [6.45, 7) is 2.82. The average Bonchev–Trinajstić information content (AvgIpc) is 2.28. The number of carbonyl (C=O) groups excluding carboxylic acids is 1. The largest absolute Gasteiger partial charge is 1.00 e. The third kappa shape index (κ3) is 6.88. The van der Waals surface area contributed by atoms with Crippen LogP contribution in [0.5, 0.6) is 5.75 Å². The van der Waals surface area contributed by atoms with Gasteiger partial charge in [-0.25, -0.2) is 0 Å². The second-order valence-electron chi connectivity index (χ2n) is 3.42. The molecule has 86 valence electrons. The second-order valence-corrected chi connectivity index (χ2v) is 3.42. The van der Waals surface area contributed by atoms with E-state index in [0.717, 1.165) is 30.2 Å². The van der Waals surface area contributed by atoms with E-state index in [2.05, 4.69) is 6.92 Å². The molecular formula is C13H15LiO3. The molecule has 0 amide bonds. The van der Waals surface area contributed by atoms with Crippen molar-refractivity contribution in [2.45, 2.75) is 19.8 Å². The van der Waals surface area contributed by atoms with Crippen LogP contribution in [0.3, 0.4) is 0 Å². The van der Waals surface area contributed by atoms with Crippen LogP contribution in [0.2, 0.25) is 0 Å². The van der Waals surface area contributed by atoms with Crippen molar-refractivity contribution in [1.29, 1.82) is 0 Å².